The summed E-state index contributed by atoms with van der Waals surface area (Å²) in [7, 11) is 0. The second-order valence-corrected chi connectivity index (χ2v) is 15.3. The first kappa shape index (κ1) is 30.1. The summed E-state index contributed by atoms with van der Waals surface area (Å²) < 4.78 is 0. The van der Waals surface area contributed by atoms with Gasteiger partial charge in [0.2, 0.25) is 0 Å². The highest BCUT2D eigenvalue weighted by Gasteiger charge is 2.32. The number of benzene rings is 4. The van der Waals surface area contributed by atoms with E-state index in [1.165, 1.54) is 78.6 Å². The molecule has 0 spiro atoms. The molecule has 11 rings (SSSR count). The fourth-order valence-corrected chi connectivity index (χ4v) is 10.2. The first-order valence-electron chi connectivity index (χ1n) is 19.3. The minimum Gasteiger partial charge on any atom is -0.341 e. The van der Waals surface area contributed by atoms with Crippen LogP contribution >= 0.6 is 0 Å². The number of hydrogen-bond acceptors (Lipinski definition) is 2. The molecule has 0 bridgehead atoms. The number of fused-ring (bicyclic) bond motifs is 5. The number of allylic oxidation sites excluding steroid dienone is 18. The van der Waals surface area contributed by atoms with Crippen LogP contribution in [0.5, 0.6) is 0 Å². The summed E-state index contributed by atoms with van der Waals surface area (Å²) in [5.74, 6) is 1.33. The van der Waals surface area contributed by atoms with Crippen molar-refractivity contribution < 1.29 is 0 Å². The van der Waals surface area contributed by atoms with Crippen molar-refractivity contribution in [1.29, 1.82) is 0 Å². The fraction of sp³-hybridized carbons (Fsp3) is 0.200. The minimum absolute atomic E-state index is 0.300. The fourth-order valence-electron chi connectivity index (χ4n) is 10.2. The number of anilines is 3. The van der Waals surface area contributed by atoms with Crippen molar-refractivity contribution in [1.82, 2.24) is 0 Å². The van der Waals surface area contributed by atoms with Gasteiger partial charge in [0.05, 0.1) is 0 Å². The first-order chi connectivity index (χ1) is 25.8. The zero-order valence-corrected chi connectivity index (χ0v) is 29.5. The van der Waals surface area contributed by atoms with E-state index in [1.54, 1.807) is 5.57 Å². The van der Waals surface area contributed by atoms with Crippen molar-refractivity contribution >= 4 is 49.8 Å². The first-order valence-corrected chi connectivity index (χ1v) is 19.3. The zero-order valence-electron chi connectivity index (χ0n) is 29.5. The Hall–Kier alpha value is -5.60. The third-order valence-corrected chi connectivity index (χ3v) is 12.6. The summed E-state index contributed by atoms with van der Waals surface area (Å²) in [5.41, 5.74) is 14.0. The van der Waals surface area contributed by atoms with E-state index in [0.29, 0.717) is 23.7 Å². The second kappa shape index (κ2) is 12.0. The van der Waals surface area contributed by atoms with Gasteiger partial charge in [-0.15, -0.1) is 0 Å². The van der Waals surface area contributed by atoms with Crippen LogP contribution in [0.2, 0.25) is 0 Å². The Morgan fingerprint density at radius 2 is 1.12 bits per heavy atom. The summed E-state index contributed by atoms with van der Waals surface area (Å²) >= 11 is 0. The van der Waals surface area contributed by atoms with E-state index < -0.39 is 0 Å². The Morgan fingerprint density at radius 1 is 0.519 bits per heavy atom. The van der Waals surface area contributed by atoms with E-state index in [1.807, 2.05) is 0 Å². The van der Waals surface area contributed by atoms with Crippen molar-refractivity contribution in [2.24, 2.45) is 23.7 Å². The molecule has 52 heavy (non-hydrogen) atoms. The van der Waals surface area contributed by atoms with E-state index >= 15 is 0 Å². The van der Waals surface area contributed by atoms with Crippen molar-refractivity contribution in [3.05, 3.63) is 186 Å². The van der Waals surface area contributed by atoms with Crippen LogP contribution in [0.1, 0.15) is 36.0 Å². The average Bonchev–Trinajstić information content (AvgIpc) is 3.84. The normalized spacial score (nSPS) is 25.2. The van der Waals surface area contributed by atoms with Crippen LogP contribution in [-0.2, 0) is 6.42 Å². The predicted octanol–water partition coefficient (Wildman–Crippen LogP) is 12.1. The minimum atomic E-state index is 0.300. The molecule has 0 fully saturated rings. The molecule has 0 saturated heterocycles. The van der Waals surface area contributed by atoms with Crippen LogP contribution in [0.25, 0.3) is 32.7 Å². The summed E-state index contributed by atoms with van der Waals surface area (Å²) in [6.07, 6.45) is 42.0. The van der Waals surface area contributed by atoms with Crippen LogP contribution in [0.4, 0.5) is 17.1 Å². The summed E-state index contributed by atoms with van der Waals surface area (Å²) in [6.45, 7) is 2.06. The van der Waals surface area contributed by atoms with Crippen LogP contribution in [0.15, 0.2) is 169 Å². The maximum atomic E-state index is 2.58. The molecular weight excluding hydrogens is 629 g/mol. The van der Waals surface area contributed by atoms with Gasteiger partial charge >= 0.3 is 0 Å². The van der Waals surface area contributed by atoms with Crippen LogP contribution < -0.4 is 9.80 Å². The molecule has 4 aromatic rings. The SMILES string of the molecule is C1=CC2C=CC=C(c3c4ccc(N5CCc6ccccc65)cc4c(C4=CC=CC5C=CC=CC45)c4ccc(N5CCC6=C5C=CCC6)cc34)C2C=C1. The summed E-state index contributed by atoms with van der Waals surface area (Å²) in [4.78, 5) is 5.12. The number of hydrogen-bond donors (Lipinski definition) is 0. The summed E-state index contributed by atoms with van der Waals surface area (Å²) in [6, 6.07) is 23.8. The molecule has 4 aromatic carbocycles. The molecule has 7 aliphatic rings. The smallest absolute Gasteiger partial charge is 0.0444 e. The van der Waals surface area contributed by atoms with E-state index in [0.717, 1.165) is 32.4 Å². The molecule has 0 amide bonds. The lowest BCUT2D eigenvalue weighted by Crippen LogP contribution is -2.19. The lowest BCUT2D eigenvalue weighted by Gasteiger charge is -2.33. The van der Waals surface area contributed by atoms with Crippen LogP contribution in [0.3, 0.4) is 0 Å². The predicted molar refractivity (Wildman–Crippen MR) is 221 cm³/mol. The van der Waals surface area contributed by atoms with Gasteiger partial charge in [0.25, 0.3) is 0 Å². The van der Waals surface area contributed by atoms with Crippen molar-refractivity contribution in [3.63, 3.8) is 0 Å². The van der Waals surface area contributed by atoms with Gasteiger partial charge in [-0.05, 0) is 117 Å². The van der Waals surface area contributed by atoms with Gasteiger partial charge in [-0.3, -0.25) is 0 Å². The van der Waals surface area contributed by atoms with Gasteiger partial charge in [-0.25, -0.2) is 0 Å². The zero-order chi connectivity index (χ0) is 34.2. The van der Waals surface area contributed by atoms with Gasteiger partial charge in [-0.2, -0.15) is 0 Å². The molecule has 2 nitrogen and oxygen atoms in total. The molecule has 4 unspecified atom stereocenters. The van der Waals surface area contributed by atoms with E-state index in [9.17, 15) is 0 Å². The van der Waals surface area contributed by atoms with Crippen LogP contribution in [-0.4, -0.2) is 13.1 Å². The third-order valence-electron chi connectivity index (χ3n) is 12.6. The number of rotatable bonds is 4. The molecule has 4 atom stereocenters. The molecule has 2 aliphatic heterocycles. The Balaban J connectivity index is 1.21. The third kappa shape index (κ3) is 4.63. The quantitative estimate of drug-likeness (QED) is 0.199. The molecule has 0 N–H and O–H groups in total. The van der Waals surface area contributed by atoms with Gasteiger partial charge in [0.1, 0.15) is 0 Å². The lowest BCUT2D eigenvalue weighted by atomic mass is 9.72. The van der Waals surface area contributed by atoms with E-state index in [4.69, 9.17) is 0 Å². The average molecular weight is 671 g/mol. The Kier molecular flexibility index (Phi) is 6.93. The molecule has 2 heteroatoms. The Bertz CT molecular complexity index is 2500. The largest absolute Gasteiger partial charge is 0.341 e. The highest BCUT2D eigenvalue weighted by atomic mass is 15.2. The highest BCUT2D eigenvalue weighted by molar-refractivity contribution is 6.18. The molecule has 0 aromatic heterocycles. The van der Waals surface area contributed by atoms with Gasteiger partial charge in [0, 0.05) is 59.5 Å². The molecule has 2 heterocycles. The van der Waals surface area contributed by atoms with Crippen molar-refractivity contribution in [3.8, 4) is 0 Å². The molecular formula is C50H42N2. The Labute approximate surface area is 306 Å². The highest BCUT2D eigenvalue weighted by Crippen LogP contribution is 2.51. The number of nitrogens with zero attached hydrogens (tertiary/aromatic N) is 2. The van der Waals surface area contributed by atoms with E-state index in [2.05, 4.69) is 168 Å². The second-order valence-electron chi connectivity index (χ2n) is 15.3. The molecule has 5 aliphatic carbocycles. The monoisotopic (exact) mass is 670 g/mol. The molecule has 252 valence electrons. The summed E-state index contributed by atoms with van der Waals surface area (Å²) in [5, 5.41) is 5.41. The van der Waals surface area contributed by atoms with Gasteiger partial charge < -0.3 is 9.80 Å². The Morgan fingerprint density at radius 3 is 1.81 bits per heavy atom. The van der Waals surface area contributed by atoms with Gasteiger partial charge in [0.15, 0.2) is 0 Å². The van der Waals surface area contributed by atoms with E-state index in [-0.39, 0.29) is 0 Å². The maximum Gasteiger partial charge on any atom is 0.0444 e. The molecule has 0 radical (unpaired) electrons. The van der Waals surface area contributed by atoms with Crippen molar-refractivity contribution in [2.75, 3.05) is 22.9 Å². The molecule has 0 saturated carbocycles. The van der Waals surface area contributed by atoms with Gasteiger partial charge in [-0.1, -0.05) is 121 Å². The number of para-hydroxylation sites is 1. The lowest BCUT2D eigenvalue weighted by molar-refractivity contribution is 0.678. The topological polar surface area (TPSA) is 6.48 Å². The van der Waals surface area contributed by atoms with Crippen molar-refractivity contribution in [2.45, 2.75) is 25.7 Å². The van der Waals surface area contributed by atoms with Crippen LogP contribution in [0, 0.1) is 23.7 Å². The maximum absolute atomic E-state index is 2.58. The standard InChI is InChI=1S/C50H42N2/c1-5-17-39-33(11-1)15-9-19-41(39)49-43-25-23-38(52-30-28-36-14-4-8-22-48(36)52)32-46(43)50(42-20-10-16-34-12-2-6-18-40(34)42)44-26-24-37(31-45(44)49)51-29-27-35-13-3-7-21-47(35)51/h1-3,5-13,15-26,31-34,39-40H,4,14,27-30H2.